The average Bonchev–Trinajstić information content (AvgIpc) is 2.53. The molecule has 1 aliphatic carbocycles. The fourth-order valence-corrected chi connectivity index (χ4v) is 3.40. The largest absolute Gasteiger partial charge is 0.381 e. The third kappa shape index (κ3) is 2.80. The van der Waals surface area contributed by atoms with Crippen LogP contribution in [0.15, 0.2) is 18.3 Å². The second-order valence-electron chi connectivity index (χ2n) is 5.78. The minimum atomic E-state index is 0.0654. The molecule has 1 saturated heterocycles. The number of aryl methyl sites for hydroxylation is 1. The van der Waals surface area contributed by atoms with Crippen LogP contribution in [0, 0.1) is 6.92 Å². The van der Waals surface area contributed by atoms with Crippen LogP contribution in [0.25, 0.3) is 0 Å². The van der Waals surface area contributed by atoms with E-state index in [-0.39, 0.29) is 24.2 Å². The molecule has 2 aliphatic rings. The normalized spacial score (nSPS) is 29.0. The van der Waals surface area contributed by atoms with Gasteiger partial charge in [0.2, 0.25) is 0 Å². The number of fused-ring (bicyclic) bond motifs is 1. The summed E-state index contributed by atoms with van der Waals surface area (Å²) in [7, 11) is 1.74. The molecule has 1 amide bonds. The van der Waals surface area contributed by atoms with E-state index in [4.69, 9.17) is 9.47 Å². The molecule has 1 saturated carbocycles. The minimum Gasteiger partial charge on any atom is -0.381 e. The van der Waals surface area contributed by atoms with Crippen molar-refractivity contribution in [2.24, 2.45) is 0 Å². The van der Waals surface area contributed by atoms with Crippen LogP contribution in [0.5, 0.6) is 0 Å². The van der Waals surface area contributed by atoms with Crippen molar-refractivity contribution in [2.75, 3.05) is 20.3 Å². The van der Waals surface area contributed by atoms with E-state index in [1.165, 1.54) is 0 Å². The molecule has 1 aromatic rings. The summed E-state index contributed by atoms with van der Waals surface area (Å²) in [5, 5.41) is 0. The van der Waals surface area contributed by atoms with Gasteiger partial charge in [-0.25, -0.2) is 0 Å². The van der Waals surface area contributed by atoms with Crippen molar-refractivity contribution in [3.8, 4) is 0 Å². The van der Waals surface area contributed by atoms with Gasteiger partial charge in [0.05, 0.1) is 30.4 Å². The maximum atomic E-state index is 12.9. The minimum absolute atomic E-state index is 0.0654. The summed E-state index contributed by atoms with van der Waals surface area (Å²) in [6, 6.07) is 3.78. The van der Waals surface area contributed by atoms with Gasteiger partial charge >= 0.3 is 0 Å². The molecule has 3 atom stereocenters. The second kappa shape index (κ2) is 6.12. The Balaban J connectivity index is 1.83. The van der Waals surface area contributed by atoms with Gasteiger partial charge in [-0.2, -0.15) is 0 Å². The third-order valence-corrected chi connectivity index (χ3v) is 4.60. The molecule has 3 unspecified atom stereocenters. The highest BCUT2D eigenvalue weighted by molar-refractivity contribution is 5.95. The van der Waals surface area contributed by atoms with E-state index in [1.807, 2.05) is 24.0 Å². The van der Waals surface area contributed by atoms with E-state index in [0.717, 1.165) is 25.0 Å². The number of pyridine rings is 1. The van der Waals surface area contributed by atoms with E-state index in [9.17, 15) is 4.79 Å². The second-order valence-corrected chi connectivity index (χ2v) is 5.78. The van der Waals surface area contributed by atoms with Gasteiger partial charge < -0.3 is 14.4 Å². The summed E-state index contributed by atoms with van der Waals surface area (Å²) in [6.07, 6.45) is 4.90. The third-order valence-electron chi connectivity index (χ3n) is 4.60. The summed E-state index contributed by atoms with van der Waals surface area (Å²) in [4.78, 5) is 19.0. The number of ether oxygens (including phenoxy) is 2. The number of amides is 1. The Morgan fingerprint density at radius 2 is 2.33 bits per heavy atom. The van der Waals surface area contributed by atoms with Crippen LogP contribution in [0.1, 0.15) is 35.3 Å². The number of methoxy groups -OCH3 is 1. The zero-order chi connectivity index (χ0) is 14.8. The lowest BCUT2D eigenvalue weighted by Gasteiger charge is -2.45. The lowest BCUT2D eigenvalue weighted by molar-refractivity contribution is -0.101. The molecule has 0 radical (unpaired) electrons. The Morgan fingerprint density at radius 1 is 1.48 bits per heavy atom. The first-order valence-corrected chi connectivity index (χ1v) is 7.57. The molecule has 3 rings (SSSR count). The Bertz CT molecular complexity index is 520. The number of morpholine rings is 1. The van der Waals surface area contributed by atoms with Gasteiger partial charge in [-0.15, -0.1) is 0 Å². The first kappa shape index (κ1) is 14.5. The van der Waals surface area contributed by atoms with Crippen LogP contribution in [-0.2, 0) is 9.47 Å². The smallest absolute Gasteiger partial charge is 0.256 e. The Morgan fingerprint density at radius 3 is 3.10 bits per heavy atom. The van der Waals surface area contributed by atoms with Gasteiger partial charge in [0, 0.05) is 25.5 Å². The van der Waals surface area contributed by atoms with Gasteiger partial charge in [0.1, 0.15) is 0 Å². The number of hydrogen-bond acceptors (Lipinski definition) is 4. The first-order chi connectivity index (χ1) is 10.2. The predicted molar refractivity (Wildman–Crippen MR) is 78.2 cm³/mol. The van der Waals surface area contributed by atoms with Crippen molar-refractivity contribution < 1.29 is 14.3 Å². The molecular weight excluding hydrogens is 268 g/mol. The summed E-state index contributed by atoms with van der Waals surface area (Å²) in [5.74, 6) is 0.0654. The number of carbonyl (C=O) groups excluding carboxylic acids is 1. The molecular formula is C16H22N2O3. The number of rotatable bonds is 2. The van der Waals surface area contributed by atoms with Gasteiger partial charge in [-0.1, -0.05) is 0 Å². The van der Waals surface area contributed by atoms with Gasteiger partial charge in [0.15, 0.2) is 0 Å². The Kier molecular flexibility index (Phi) is 4.22. The maximum Gasteiger partial charge on any atom is 0.256 e. The molecule has 2 fully saturated rings. The highest BCUT2D eigenvalue weighted by atomic mass is 16.5. The number of carbonyl (C=O) groups is 1. The van der Waals surface area contributed by atoms with Gasteiger partial charge in [0.25, 0.3) is 5.91 Å². The Labute approximate surface area is 125 Å². The molecule has 114 valence electrons. The van der Waals surface area contributed by atoms with E-state index in [1.54, 1.807) is 13.3 Å². The van der Waals surface area contributed by atoms with E-state index in [0.29, 0.717) is 18.7 Å². The fraction of sp³-hybridized carbons (Fsp3) is 0.625. The zero-order valence-corrected chi connectivity index (χ0v) is 12.6. The molecule has 0 N–H and O–H groups in total. The van der Waals surface area contributed by atoms with Crippen molar-refractivity contribution in [3.63, 3.8) is 0 Å². The molecule has 5 heteroatoms. The highest BCUT2D eigenvalue weighted by Crippen LogP contribution is 2.31. The topological polar surface area (TPSA) is 51.7 Å². The predicted octanol–water partition coefficient (Wildman–Crippen LogP) is 1.80. The van der Waals surface area contributed by atoms with E-state index < -0.39 is 0 Å². The lowest BCUT2D eigenvalue weighted by Crippen LogP contribution is -2.57. The van der Waals surface area contributed by atoms with Crippen LogP contribution >= 0.6 is 0 Å². The Hall–Kier alpha value is -1.46. The van der Waals surface area contributed by atoms with Crippen LogP contribution in [-0.4, -0.2) is 54.3 Å². The molecule has 1 aromatic heterocycles. The van der Waals surface area contributed by atoms with Crippen LogP contribution in [0.4, 0.5) is 0 Å². The van der Waals surface area contributed by atoms with E-state index >= 15 is 0 Å². The summed E-state index contributed by atoms with van der Waals surface area (Å²) in [5.41, 5.74) is 1.47. The summed E-state index contributed by atoms with van der Waals surface area (Å²) >= 11 is 0. The van der Waals surface area contributed by atoms with Crippen molar-refractivity contribution in [1.29, 1.82) is 0 Å². The summed E-state index contributed by atoms with van der Waals surface area (Å²) in [6.45, 7) is 3.14. The highest BCUT2D eigenvalue weighted by Gasteiger charge is 2.40. The average molecular weight is 290 g/mol. The molecule has 0 aromatic carbocycles. The molecule has 5 nitrogen and oxygen atoms in total. The quantitative estimate of drug-likeness (QED) is 0.833. The van der Waals surface area contributed by atoms with Crippen LogP contribution in [0.3, 0.4) is 0 Å². The van der Waals surface area contributed by atoms with Crippen molar-refractivity contribution in [2.45, 2.75) is 44.4 Å². The number of hydrogen-bond donors (Lipinski definition) is 0. The monoisotopic (exact) mass is 290 g/mol. The zero-order valence-electron chi connectivity index (χ0n) is 12.6. The van der Waals surface area contributed by atoms with Crippen LogP contribution < -0.4 is 0 Å². The SMILES string of the molecule is COC1CCC2OCCN(C(=O)c3cccnc3C)C2C1. The number of aromatic nitrogens is 1. The standard InChI is InChI=1S/C16H22N2O3/c1-11-13(4-3-7-17-11)16(19)18-8-9-21-15-6-5-12(20-2)10-14(15)18/h3-4,7,12,14-15H,5-6,8-10H2,1-2H3. The number of nitrogens with zero attached hydrogens (tertiary/aromatic N) is 2. The first-order valence-electron chi connectivity index (χ1n) is 7.57. The van der Waals surface area contributed by atoms with Crippen molar-refractivity contribution in [1.82, 2.24) is 9.88 Å². The lowest BCUT2D eigenvalue weighted by atomic mass is 9.87. The van der Waals surface area contributed by atoms with Gasteiger partial charge in [-0.3, -0.25) is 9.78 Å². The molecule has 0 bridgehead atoms. The molecule has 0 spiro atoms. The van der Waals surface area contributed by atoms with E-state index in [2.05, 4.69) is 4.98 Å². The fourth-order valence-electron chi connectivity index (χ4n) is 3.40. The molecule has 21 heavy (non-hydrogen) atoms. The summed E-state index contributed by atoms with van der Waals surface area (Å²) < 4.78 is 11.3. The molecule has 2 heterocycles. The molecule has 1 aliphatic heterocycles. The van der Waals surface area contributed by atoms with Crippen molar-refractivity contribution >= 4 is 5.91 Å². The maximum absolute atomic E-state index is 12.9. The van der Waals surface area contributed by atoms with Crippen molar-refractivity contribution in [3.05, 3.63) is 29.6 Å². The van der Waals surface area contributed by atoms with Crippen LogP contribution in [0.2, 0.25) is 0 Å². The van der Waals surface area contributed by atoms with Gasteiger partial charge in [-0.05, 0) is 38.3 Å².